The molecule has 0 atom stereocenters. The van der Waals surface area contributed by atoms with Crippen LogP contribution in [0.25, 0.3) is 5.82 Å². The van der Waals surface area contributed by atoms with Crippen LogP contribution < -0.4 is 4.90 Å². The molecule has 0 unspecified atom stereocenters. The second-order valence-electron chi connectivity index (χ2n) is 5.52. The third kappa shape index (κ3) is 3.21. The summed E-state index contributed by atoms with van der Waals surface area (Å²) in [5.74, 6) is 2.08. The van der Waals surface area contributed by atoms with Crippen molar-refractivity contribution in [2.75, 3.05) is 11.9 Å². The van der Waals surface area contributed by atoms with Crippen molar-refractivity contribution in [1.82, 2.24) is 19.5 Å². The summed E-state index contributed by atoms with van der Waals surface area (Å²) < 4.78 is 15.5. The number of aryl methyl sites for hydroxylation is 2. The van der Waals surface area contributed by atoms with Crippen LogP contribution in [0, 0.1) is 19.7 Å². The van der Waals surface area contributed by atoms with Gasteiger partial charge in [-0.25, -0.2) is 14.4 Å². The van der Waals surface area contributed by atoms with Crippen LogP contribution in [0.1, 0.15) is 17.0 Å². The number of benzene rings is 1. The smallest absolute Gasteiger partial charge is 0.159 e. The summed E-state index contributed by atoms with van der Waals surface area (Å²) in [4.78, 5) is 15.0. The van der Waals surface area contributed by atoms with Crippen molar-refractivity contribution >= 4 is 5.82 Å². The number of hydrogen-bond donors (Lipinski definition) is 0. The summed E-state index contributed by atoms with van der Waals surface area (Å²) in [5.41, 5.74) is 1.54. The molecule has 0 aliphatic rings. The van der Waals surface area contributed by atoms with Gasteiger partial charge >= 0.3 is 0 Å². The first-order valence-corrected chi connectivity index (χ1v) is 7.33. The molecule has 0 saturated carbocycles. The maximum Gasteiger partial charge on any atom is 0.159 e. The van der Waals surface area contributed by atoms with Gasteiger partial charge in [0.15, 0.2) is 5.82 Å². The molecular formula is C17H18FN5. The largest absolute Gasteiger partial charge is 0.354 e. The van der Waals surface area contributed by atoms with E-state index in [-0.39, 0.29) is 5.82 Å². The van der Waals surface area contributed by atoms with Crippen molar-refractivity contribution in [3.8, 4) is 5.82 Å². The third-order valence-corrected chi connectivity index (χ3v) is 3.73. The monoisotopic (exact) mass is 311 g/mol. The number of halogens is 1. The minimum absolute atomic E-state index is 0.190. The summed E-state index contributed by atoms with van der Waals surface area (Å²) in [5, 5.41) is 0. The molecular weight excluding hydrogens is 293 g/mol. The molecule has 3 aromatic rings. The molecule has 6 heteroatoms. The standard InChI is InChI=1S/C17H18FN5/c1-12-4-5-14(8-15(12)18)11-22(3)16-9-19-10-17(21-16)23-7-6-20-13(23)2/h4-10H,11H2,1-3H3. The Labute approximate surface area is 134 Å². The highest BCUT2D eigenvalue weighted by Crippen LogP contribution is 2.16. The number of rotatable bonds is 4. The van der Waals surface area contributed by atoms with E-state index in [1.165, 1.54) is 0 Å². The van der Waals surface area contributed by atoms with Gasteiger partial charge in [-0.1, -0.05) is 12.1 Å². The minimum Gasteiger partial charge on any atom is -0.354 e. The Bertz CT molecular complexity index is 827. The van der Waals surface area contributed by atoms with E-state index in [4.69, 9.17) is 0 Å². The first-order valence-electron chi connectivity index (χ1n) is 7.33. The lowest BCUT2D eigenvalue weighted by Crippen LogP contribution is -2.19. The van der Waals surface area contributed by atoms with Gasteiger partial charge in [0.1, 0.15) is 17.5 Å². The van der Waals surface area contributed by atoms with Gasteiger partial charge < -0.3 is 4.90 Å². The zero-order chi connectivity index (χ0) is 16.4. The molecule has 23 heavy (non-hydrogen) atoms. The maximum atomic E-state index is 13.7. The summed E-state index contributed by atoms with van der Waals surface area (Å²) in [6.07, 6.45) is 6.96. The van der Waals surface area contributed by atoms with Gasteiger partial charge in [-0.05, 0) is 31.0 Å². The summed E-state index contributed by atoms with van der Waals surface area (Å²) in [7, 11) is 1.91. The van der Waals surface area contributed by atoms with E-state index in [1.54, 1.807) is 37.6 Å². The molecule has 0 fully saturated rings. The quantitative estimate of drug-likeness (QED) is 0.743. The highest BCUT2D eigenvalue weighted by molar-refractivity contribution is 5.40. The summed E-state index contributed by atoms with van der Waals surface area (Å²) >= 11 is 0. The molecule has 0 amide bonds. The predicted molar refractivity (Wildman–Crippen MR) is 87.1 cm³/mol. The molecule has 0 radical (unpaired) electrons. The van der Waals surface area contributed by atoms with Gasteiger partial charge in [-0.3, -0.25) is 9.55 Å². The fraction of sp³-hybridized carbons (Fsp3) is 0.235. The molecule has 0 aliphatic carbocycles. The van der Waals surface area contributed by atoms with Crippen LogP contribution in [0.15, 0.2) is 43.0 Å². The highest BCUT2D eigenvalue weighted by Gasteiger charge is 2.09. The lowest BCUT2D eigenvalue weighted by Gasteiger charge is -2.19. The van der Waals surface area contributed by atoms with Crippen molar-refractivity contribution in [2.45, 2.75) is 20.4 Å². The fourth-order valence-corrected chi connectivity index (χ4v) is 2.36. The number of imidazole rings is 1. The number of hydrogen-bond acceptors (Lipinski definition) is 4. The zero-order valence-electron chi connectivity index (χ0n) is 13.4. The fourth-order valence-electron chi connectivity index (χ4n) is 2.36. The molecule has 2 aromatic heterocycles. The first kappa shape index (κ1) is 15.1. The van der Waals surface area contributed by atoms with Gasteiger partial charge in [0.25, 0.3) is 0 Å². The van der Waals surface area contributed by atoms with E-state index in [0.29, 0.717) is 17.9 Å². The Morgan fingerprint density at radius 2 is 2.04 bits per heavy atom. The molecule has 0 N–H and O–H groups in total. The molecule has 1 aromatic carbocycles. The Morgan fingerprint density at radius 3 is 2.74 bits per heavy atom. The van der Waals surface area contributed by atoms with Crippen LogP contribution in [0.3, 0.4) is 0 Å². The second-order valence-corrected chi connectivity index (χ2v) is 5.52. The lowest BCUT2D eigenvalue weighted by atomic mass is 10.1. The van der Waals surface area contributed by atoms with Crippen molar-refractivity contribution in [3.05, 3.63) is 65.8 Å². The normalized spacial score (nSPS) is 10.8. The van der Waals surface area contributed by atoms with Gasteiger partial charge in [0, 0.05) is 26.0 Å². The van der Waals surface area contributed by atoms with E-state index in [1.807, 2.05) is 35.7 Å². The van der Waals surface area contributed by atoms with E-state index < -0.39 is 0 Å². The van der Waals surface area contributed by atoms with E-state index >= 15 is 0 Å². The predicted octanol–water partition coefficient (Wildman–Crippen LogP) is 3.05. The van der Waals surface area contributed by atoms with Gasteiger partial charge in [-0.15, -0.1) is 0 Å². The van der Waals surface area contributed by atoms with Crippen molar-refractivity contribution in [1.29, 1.82) is 0 Å². The van der Waals surface area contributed by atoms with E-state index in [0.717, 1.165) is 17.2 Å². The minimum atomic E-state index is -0.190. The van der Waals surface area contributed by atoms with Crippen LogP contribution in [-0.2, 0) is 6.54 Å². The van der Waals surface area contributed by atoms with Crippen LogP contribution in [0.5, 0.6) is 0 Å². The zero-order valence-corrected chi connectivity index (χ0v) is 13.4. The average molecular weight is 311 g/mol. The molecule has 5 nitrogen and oxygen atoms in total. The molecule has 0 saturated heterocycles. The van der Waals surface area contributed by atoms with Crippen LogP contribution in [0.4, 0.5) is 10.2 Å². The Morgan fingerprint density at radius 1 is 1.22 bits per heavy atom. The maximum absolute atomic E-state index is 13.7. The molecule has 0 aliphatic heterocycles. The topological polar surface area (TPSA) is 46.8 Å². The Balaban J connectivity index is 1.83. The van der Waals surface area contributed by atoms with Crippen molar-refractivity contribution in [2.24, 2.45) is 0 Å². The van der Waals surface area contributed by atoms with Crippen LogP contribution in [0.2, 0.25) is 0 Å². The van der Waals surface area contributed by atoms with Crippen molar-refractivity contribution < 1.29 is 4.39 Å². The van der Waals surface area contributed by atoms with E-state index in [2.05, 4.69) is 15.0 Å². The van der Waals surface area contributed by atoms with Crippen LogP contribution >= 0.6 is 0 Å². The molecule has 0 spiro atoms. The average Bonchev–Trinajstić information content (AvgIpc) is 2.97. The summed E-state index contributed by atoms with van der Waals surface area (Å²) in [6.45, 7) is 4.22. The molecule has 0 bridgehead atoms. The molecule has 2 heterocycles. The SMILES string of the molecule is Cc1ccc(CN(C)c2cncc(-n3ccnc3C)n2)cc1F. The van der Waals surface area contributed by atoms with E-state index in [9.17, 15) is 4.39 Å². The number of nitrogens with zero attached hydrogens (tertiary/aromatic N) is 5. The molecule has 3 rings (SSSR count). The lowest BCUT2D eigenvalue weighted by molar-refractivity contribution is 0.615. The summed E-state index contributed by atoms with van der Waals surface area (Å²) in [6, 6.07) is 5.27. The van der Waals surface area contributed by atoms with Crippen LogP contribution in [-0.4, -0.2) is 26.6 Å². The highest BCUT2D eigenvalue weighted by atomic mass is 19.1. The van der Waals surface area contributed by atoms with Crippen molar-refractivity contribution in [3.63, 3.8) is 0 Å². The molecule has 118 valence electrons. The third-order valence-electron chi connectivity index (χ3n) is 3.73. The number of aromatic nitrogens is 4. The van der Waals surface area contributed by atoms with Gasteiger partial charge in [-0.2, -0.15) is 0 Å². The Hall–Kier alpha value is -2.76. The Kier molecular flexibility index (Phi) is 4.06. The second kappa shape index (κ2) is 6.16. The van der Waals surface area contributed by atoms with Gasteiger partial charge in [0.05, 0.1) is 12.4 Å². The number of anilines is 1. The first-order chi connectivity index (χ1) is 11.0. The van der Waals surface area contributed by atoms with Gasteiger partial charge in [0.2, 0.25) is 0 Å².